The minimum absolute atomic E-state index is 0.136. The standard InChI is InChI=1S/C17H20N2O6/c1-5-25-15(20)13-10(2)18-16(21)19(17(22)24-4)14(13)11-8-6-7-9-12(11)23-3/h6-9,14H,5H2,1-4H3,(H,18,21). The normalized spacial score (nSPS) is 17.0. The maximum Gasteiger partial charge on any atom is 0.418 e. The van der Waals surface area contributed by atoms with Crippen molar-refractivity contribution in [3.05, 3.63) is 41.1 Å². The maximum absolute atomic E-state index is 12.5. The van der Waals surface area contributed by atoms with Gasteiger partial charge in [-0.25, -0.2) is 19.3 Å². The van der Waals surface area contributed by atoms with E-state index in [1.165, 1.54) is 7.11 Å². The fourth-order valence-electron chi connectivity index (χ4n) is 2.69. The van der Waals surface area contributed by atoms with Gasteiger partial charge in [0.15, 0.2) is 0 Å². The molecule has 1 aromatic rings. The highest BCUT2D eigenvalue weighted by Gasteiger charge is 2.43. The largest absolute Gasteiger partial charge is 0.496 e. The third kappa shape index (κ3) is 3.42. The van der Waals surface area contributed by atoms with Crippen molar-refractivity contribution in [1.29, 1.82) is 0 Å². The highest BCUT2D eigenvalue weighted by atomic mass is 16.5. The van der Waals surface area contributed by atoms with E-state index in [0.717, 1.165) is 12.0 Å². The van der Waals surface area contributed by atoms with E-state index in [0.29, 0.717) is 17.0 Å². The number of hydrogen-bond acceptors (Lipinski definition) is 6. The number of nitrogens with one attached hydrogen (secondary N) is 1. The molecule has 0 bridgehead atoms. The Kier molecular flexibility index (Phi) is 5.63. The second-order valence-electron chi connectivity index (χ2n) is 5.17. The molecule has 1 unspecified atom stereocenters. The van der Waals surface area contributed by atoms with Gasteiger partial charge in [0.05, 0.1) is 26.4 Å². The summed E-state index contributed by atoms with van der Waals surface area (Å²) in [4.78, 5) is 38.0. The molecule has 1 N–H and O–H groups in total. The van der Waals surface area contributed by atoms with Crippen LogP contribution in [0.15, 0.2) is 35.5 Å². The van der Waals surface area contributed by atoms with E-state index in [1.807, 2.05) is 0 Å². The molecule has 1 aliphatic heterocycles. The van der Waals surface area contributed by atoms with Gasteiger partial charge in [-0.15, -0.1) is 0 Å². The third-order valence-electron chi connectivity index (χ3n) is 3.75. The van der Waals surface area contributed by atoms with Crippen LogP contribution in [0.2, 0.25) is 0 Å². The summed E-state index contributed by atoms with van der Waals surface area (Å²) >= 11 is 0. The van der Waals surface area contributed by atoms with E-state index in [1.54, 1.807) is 38.1 Å². The summed E-state index contributed by atoms with van der Waals surface area (Å²) in [6.45, 7) is 3.40. The zero-order valence-electron chi connectivity index (χ0n) is 14.5. The summed E-state index contributed by atoms with van der Waals surface area (Å²) in [6.07, 6.45) is -0.900. The summed E-state index contributed by atoms with van der Waals surface area (Å²) in [7, 11) is 2.62. The van der Waals surface area contributed by atoms with Crippen molar-refractivity contribution >= 4 is 18.1 Å². The lowest BCUT2D eigenvalue weighted by atomic mass is 9.93. The Labute approximate surface area is 145 Å². The number of para-hydroxylation sites is 1. The van der Waals surface area contributed by atoms with E-state index in [-0.39, 0.29) is 12.2 Å². The van der Waals surface area contributed by atoms with Crippen LogP contribution in [-0.4, -0.2) is 43.8 Å². The minimum atomic E-state index is -1.03. The molecule has 1 atom stereocenters. The molecule has 1 aliphatic rings. The predicted molar refractivity (Wildman–Crippen MR) is 87.8 cm³/mol. The first-order valence-corrected chi connectivity index (χ1v) is 7.65. The molecule has 3 amide bonds. The summed E-state index contributed by atoms with van der Waals surface area (Å²) in [5.74, 6) is -0.212. The Hall–Kier alpha value is -3.03. The van der Waals surface area contributed by atoms with Crippen molar-refractivity contribution < 1.29 is 28.6 Å². The lowest BCUT2D eigenvalue weighted by molar-refractivity contribution is -0.139. The zero-order valence-corrected chi connectivity index (χ0v) is 14.5. The van der Waals surface area contributed by atoms with Gasteiger partial charge in [0, 0.05) is 11.3 Å². The van der Waals surface area contributed by atoms with Crippen molar-refractivity contribution in [2.24, 2.45) is 0 Å². The highest BCUT2D eigenvalue weighted by Crippen LogP contribution is 2.38. The molecule has 25 heavy (non-hydrogen) atoms. The molecule has 0 saturated carbocycles. The quantitative estimate of drug-likeness (QED) is 0.840. The van der Waals surface area contributed by atoms with Gasteiger partial charge >= 0.3 is 18.1 Å². The minimum Gasteiger partial charge on any atom is -0.496 e. The van der Waals surface area contributed by atoms with Gasteiger partial charge in [-0.05, 0) is 19.9 Å². The molecule has 0 aromatic heterocycles. The van der Waals surface area contributed by atoms with Crippen LogP contribution in [0.5, 0.6) is 5.75 Å². The van der Waals surface area contributed by atoms with E-state index in [4.69, 9.17) is 14.2 Å². The Balaban J connectivity index is 2.70. The van der Waals surface area contributed by atoms with Crippen LogP contribution in [0.3, 0.4) is 0 Å². The van der Waals surface area contributed by atoms with Crippen LogP contribution >= 0.6 is 0 Å². The maximum atomic E-state index is 12.5. The van der Waals surface area contributed by atoms with Crippen LogP contribution in [0.4, 0.5) is 9.59 Å². The second-order valence-corrected chi connectivity index (χ2v) is 5.17. The van der Waals surface area contributed by atoms with Gasteiger partial charge in [0.2, 0.25) is 0 Å². The molecule has 8 heteroatoms. The first-order valence-electron chi connectivity index (χ1n) is 7.65. The number of urea groups is 1. The molecule has 0 aliphatic carbocycles. The van der Waals surface area contributed by atoms with Crippen molar-refractivity contribution in [3.8, 4) is 5.75 Å². The third-order valence-corrected chi connectivity index (χ3v) is 3.75. The number of carbonyl (C=O) groups is 3. The summed E-state index contributed by atoms with van der Waals surface area (Å²) in [6, 6.07) is 5.08. The van der Waals surface area contributed by atoms with Crippen molar-refractivity contribution in [1.82, 2.24) is 10.2 Å². The molecule has 2 rings (SSSR count). The second kappa shape index (κ2) is 7.69. The van der Waals surface area contributed by atoms with E-state index < -0.39 is 24.1 Å². The number of carbonyl (C=O) groups excluding carboxylic acids is 3. The lowest BCUT2D eigenvalue weighted by Gasteiger charge is -2.35. The highest BCUT2D eigenvalue weighted by molar-refractivity contribution is 6.00. The molecular formula is C17H20N2O6. The number of esters is 1. The van der Waals surface area contributed by atoms with Gasteiger partial charge in [0.25, 0.3) is 0 Å². The Morgan fingerprint density at radius 3 is 2.52 bits per heavy atom. The fraction of sp³-hybridized carbons (Fsp3) is 0.353. The van der Waals surface area contributed by atoms with Crippen molar-refractivity contribution in [2.75, 3.05) is 20.8 Å². The molecule has 0 radical (unpaired) electrons. The Bertz CT molecular complexity index is 728. The molecule has 0 spiro atoms. The van der Waals surface area contributed by atoms with Crippen LogP contribution < -0.4 is 10.1 Å². The van der Waals surface area contributed by atoms with E-state index >= 15 is 0 Å². The zero-order chi connectivity index (χ0) is 18.6. The average molecular weight is 348 g/mol. The number of ether oxygens (including phenoxy) is 3. The average Bonchev–Trinajstić information content (AvgIpc) is 2.60. The number of methoxy groups -OCH3 is 2. The molecule has 0 saturated heterocycles. The van der Waals surface area contributed by atoms with Crippen LogP contribution in [0, 0.1) is 0 Å². The SMILES string of the molecule is CCOC(=O)C1=C(C)NC(=O)N(C(=O)OC)C1c1ccccc1OC. The number of benzene rings is 1. The van der Waals surface area contributed by atoms with Crippen LogP contribution in [0.25, 0.3) is 0 Å². The summed E-state index contributed by atoms with van der Waals surface area (Å²) in [5.41, 5.74) is 0.906. The van der Waals surface area contributed by atoms with Gasteiger partial charge in [-0.1, -0.05) is 18.2 Å². The van der Waals surface area contributed by atoms with Gasteiger partial charge in [0.1, 0.15) is 11.8 Å². The summed E-state index contributed by atoms with van der Waals surface area (Å²) < 4.78 is 15.2. The number of nitrogens with zero attached hydrogens (tertiary/aromatic N) is 1. The number of rotatable bonds is 4. The van der Waals surface area contributed by atoms with Crippen LogP contribution in [0.1, 0.15) is 25.5 Å². The number of amides is 3. The van der Waals surface area contributed by atoms with E-state index in [2.05, 4.69) is 5.32 Å². The van der Waals surface area contributed by atoms with Gasteiger partial charge < -0.3 is 19.5 Å². The molecule has 0 fully saturated rings. The van der Waals surface area contributed by atoms with Gasteiger partial charge in [-0.3, -0.25) is 0 Å². The monoisotopic (exact) mass is 348 g/mol. The van der Waals surface area contributed by atoms with Crippen molar-refractivity contribution in [2.45, 2.75) is 19.9 Å². The Morgan fingerprint density at radius 2 is 1.92 bits per heavy atom. The molecule has 1 heterocycles. The number of hydrogen-bond donors (Lipinski definition) is 1. The first kappa shape index (κ1) is 18.3. The topological polar surface area (TPSA) is 94.2 Å². The van der Waals surface area contributed by atoms with Crippen LogP contribution in [-0.2, 0) is 14.3 Å². The summed E-state index contributed by atoms with van der Waals surface area (Å²) in [5, 5.41) is 2.50. The smallest absolute Gasteiger partial charge is 0.418 e. The Morgan fingerprint density at radius 1 is 1.24 bits per heavy atom. The number of imide groups is 1. The fourth-order valence-corrected chi connectivity index (χ4v) is 2.69. The molecule has 8 nitrogen and oxygen atoms in total. The molecule has 1 aromatic carbocycles. The molecule has 134 valence electrons. The number of allylic oxidation sites excluding steroid dienone is 1. The molecular weight excluding hydrogens is 328 g/mol. The van der Waals surface area contributed by atoms with Crippen molar-refractivity contribution in [3.63, 3.8) is 0 Å². The van der Waals surface area contributed by atoms with Gasteiger partial charge in [-0.2, -0.15) is 0 Å². The first-order chi connectivity index (χ1) is 12.0. The lowest BCUT2D eigenvalue weighted by Crippen LogP contribution is -2.51. The van der Waals surface area contributed by atoms with E-state index in [9.17, 15) is 14.4 Å². The predicted octanol–water partition coefficient (Wildman–Crippen LogP) is 2.37.